The van der Waals surface area contributed by atoms with Crippen molar-refractivity contribution < 1.29 is 4.79 Å². The molecule has 4 rings (SSSR count). The summed E-state index contributed by atoms with van der Waals surface area (Å²) in [6.45, 7) is 0. The number of para-hydroxylation sites is 1. The molecule has 1 aromatic heterocycles. The molecule has 0 aliphatic heterocycles. The second kappa shape index (κ2) is 4.30. The molecule has 2 aromatic carbocycles. The fourth-order valence-electron chi connectivity index (χ4n) is 2.54. The first-order valence-electron chi connectivity index (χ1n) is 6.90. The minimum absolute atomic E-state index is 0.261. The maximum atomic E-state index is 12.1. The lowest BCUT2D eigenvalue weighted by atomic mass is 10.1. The smallest absolute Gasteiger partial charge is 0.165 e. The van der Waals surface area contributed by atoms with Crippen LogP contribution in [0.2, 0.25) is 0 Å². The van der Waals surface area contributed by atoms with E-state index in [9.17, 15) is 4.79 Å². The number of benzene rings is 2. The number of carbonyl (C=O) groups excluding carboxylic acids is 1. The summed E-state index contributed by atoms with van der Waals surface area (Å²) in [5, 5.41) is 5.45. The third kappa shape index (κ3) is 1.83. The zero-order valence-electron chi connectivity index (χ0n) is 11.0. The van der Waals surface area contributed by atoms with E-state index in [1.807, 2.05) is 59.4 Å². The van der Waals surface area contributed by atoms with E-state index >= 15 is 0 Å². The minimum Gasteiger partial charge on any atom is -0.294 e. The molecule has 1 saturated carbocycles. The predicted molar refractivity (Wildman–Crippen MR) is 78.1 cm³/mol. The van der Waals surface area contributed by atoms with Crippen LogP contribution in [0, 0.1) is 5.92 Å². The lowest BCUT2D eigenvalue weighted by Gasteiger charge is -2.04. The van der Waals surface area contributed by atoms with Gasteiger partial charge in [-0.05, 0) is 43.2 Å². The summed E-state index contributed by atoms with van der Waals surface area (Å²) in [7, 11) is 0. The van der Waals surface area contributed by atoms with E-state index in [1.54, 1.807) is 0 Å². The van der Waals surface area contributed by atoms with Crippen LogP contribution in [0.25, 0.3) is 16.6 Å². The van der Waals surface area contributed by atoms with Crippen molar-refractivity contribution in [3.63, 3.8) is 0 Å². The van der Waals surface area contributed by atoms with Crippen LogP contribution in [0.4, 0.5) is 0 Å². The van der Waals surface area contributed by atoms with Crippen molar-refractivity contribution >= 4 is 16.7 Å². The molecule has 3 nitrogen and oxygen atoms in total. The summed E-state index contributed by atoms with van der Waals surface area (Å²) in [5.41, 5.74) is 2.87. The Labute approximate surface area is 116 Å². The van der Waals surface area contributed by atoms with E-state index in [1.165, 1.54) is 0 Å². The van der Waals surface area contributed by atoms with Crippen molar-refractivity contribution in [2.75, 3.05) is 0 Å². The molecule has 98 valence electrons. The van der Waals surface area contributed by atoms with E-state index in [0.717, 1.165) is 35.0 Å². The summed E-state index contributed by atoms with van der Waals surface area (Å²) in [4.78, 5) is 12.1. The Morgan fingerprint density at radius 2 is 1.90 bits per heavy atom. The van der Waals surface area contributed by atoms with Gasteiger partial charge in [0.25, 0.3) is 0 Å². The molecule has 0 amide bonds. The van der Waals surface area contributed by atoms with Gasteiger partial charge < -0.3 is 0 Å². The van der Waals surface area contributed by atoms with Crippen molar-refractivity contribution in [3.05, 3.63) is 60.3 Å². The van der Waals surface area contributed by atoms with Gasteiger partial charge in [0.1, 0.15) is 0 Å². The van der Waals surface area contributed by atoms with Gasteiger partial charge in [-0.2, -0.15) is 5.10 Å². The van der Waals surface area contributed by atoms with Crippen LogP contribution >= 0.6 is 0 Å². The molecule has 0 spiro atoms. The number of Topliss-reactive ketones (excluding diaryl/α,β-unsaturated/α-hetero) is 1. The molecule has 1 fully saturated rings. The molecular formula is C17H14N2O. The maximum Gasteiger partial charge on any atom is 0.165 e. The van der Waals surface area contributed by atoms with Gasteiger partial charge in [-0.15, -0.1) is 0 Å². The van der Waals surface area contributed by atoms with Crippen molar-refractivity contribution in [2.24, 2.45) is 5.92 Å². The van der Waals surface area contributed by atoms with E-state index in [0.29, 0.717) is 0 Å². The molecule has 1 heterocycles. The number of hydrogen-bond acceptors (Lipinski definition) is 2. The highest BCUT2D eigenvalue weighted by Gasteiger charge is 2.30. The van der Waals surface area contributed by atoms with Gasteiger partial charge in [0.2, 0.25) is 0 Å². The molecule has 0 N–H and O–H groups in total. The molecule has 1 aliphatic carbocycles. The van der Waals surface area contributed by atoms with Crippen molar-refractivity contribution in [3.8, 4) is 5.69 Å². The van der Waals surface area contributed by atoms with Crippen LogP contribution in [0.1, 0.15) is 23.2 Å². The highest BCUT2D eigenvalue weighted by atomic mass is 16.1. The highest BCUT2D eigenvalue weighted by Crippen LogP contribution is 2.33. The lowest BCUT2D eigenvalue weighted by molar-refractivity contribution is 0.0968. The van der Waals surface area contributed by atoms with Crippen molar-refractivity contribution in [1.29, 1.82) is 0 Å². The zero-order valence-corrected chi connectivity index (χ0v) is 11.0. The van der Waals surface area contributed by atoms with E-state index in [-0.39, 0.29) is 11.7 Å². The first-order chi connectivity index (χ1) is 9.83. The number of nitrogens with zero attached hydrogens (tertiary/aromatic N) is 2. The number of rotatable bonds is 3. The van der Waals surface area contributed by atoms with Crippen LogP contribution in [0.15, 0.2) is 54.7 Å². The largest absolute Gasteiger partial charge is 0.294 e. The Morgan fingerprint density at radius 1 is 1.10 bits per heavy atom. The predicted octanol–water partition coefficient (Wildman–Crippen LogP) is 3.62. The Balaban J connectivity index is 1.80. The Kier molecular flexibility index (Phi) is 2.46. The van der Waals surface area contributed by atoms with Gasteiger partial charge in [0, 0.05) is 16.9 Å². The lowest BCUT2D eigenvalue weighted by Crippen LogP contribution is -2.01. The zero-order chi connectivity index (χ0) is 13.5. The molecule has 0 saturated heterocycles. The molecule has 3 aromatic rings. The van der Waals surface area contributed by atoms with Gasteiger partial charge >= 0.3 is 0 Å². The van der Waals surface area contributed by atoms with Crippen molar-refractivity contribution in [1.82, 2.24) is 9.78 Å². The highest BCUT2D eigenvalue weighted by molar-refractivity contribution is 6.02. The Morgan fingerprint density at radius 3 is 2.65 bits per heavy atom. The third-order valence-corrected chi connectivity index (χ3v) is 3.80. The summed E-state index contributed by atoms with van der Waals surface area (Å²) >= 11 is 0. The average molecular weight is 262 g/mol. The number of aromatic nitrogens is 2. The molecule has 0 bridgehead atoms. The fraction of sp³-hybridized carbons (Fsp3) is 0.176. The second-order valence-corrected chi connectivity index (χ2v) is 5.30. The van der Waals surface area contributed by atoms with Gasteiger partial charge in [-0.25, -0.2) is 4.68 Å². The number of carbonyl (C=O) groups is 1. The van der Waals surface area contributed by atoms with Crippen LogP contribution in [0.5, 0.6) is 0 Å². The second-order valence-electron chi connectivity index (χ2n) is 5.30. The molecule has 0 atom stereocenters. The summed E-state index contributed by atoms with van der Waals surface area (Å²) in [6, 6.07) is 15.9. The monoisotopic (exact) mass is 262 g/mol. The molecule has 0 unspecified atom stereocenters. The Hall–Kier alpha value is -2.42. The van der Waals surface area contributed by atoms with Crippen LogP contribution in [-0.4, -0.2) is 15.6 Å². The van der Waals surface area contributed by atoms with Crippen LogP contribution in [0.3, 0.4) is 0 Å². The quantitative estimate of drug-likeness (QED) is 0.676. The van der Waals surface area contributed by atoms with Gasteiger partial charge in [-0.1, -0.05) is 18.2 Å². The number of ketones is 1. The first kappa shape index (κ1) is 11.4. The molecule has 0 radical (unpaired) electrons. The van der Waals surface area contributed by atoms with E-state index < -0.39 is 0 Å². The molecule has 20 heavy (non-hydrogen) atoms. The first-order valence-corrected chi connectivity index (χ1v) is 6.90. The van der Waals surface area contributed by atoms with Crippen LogP contribution in [-0.2, 0) is 0 Å². The Bertz CT molecular complexity index is 785. The standard InChI is InChI=1S/C17H14N2O/c20-17(12-6-7-12)13-8-9-16-14(10-13)11-18-19(16)15-4-2-1-3-5-15/h1-5,8-12H,6-7H2. The molecule has 3 heteroatoms. The van der Waals surface area contributed by atoms with Gasteiger partial charge in [0.15, 0.2) is 5.78 Å². The molecule has 1 aliphatic rings. The minimum atomic E-state index is 0.261. The topological polar surface area (TPSA) is 34.9 Å². The molecular weight excluding hydrogens is 248 g/mol. The maximum absolute atomic E-state index is 12.1. The summed E-state index contributed by atoms with van der Waals surface area (Å²) < 4.78 is 1.90. The van der Waals surface area contributed by atoms with Crippen LogP contribution < -0.4 is 0 Å². The normalized spacial score (nSPS) is 14.6. The third-order valence-electron chi connectivity index (χ3n) is 3.80. The average Bonchev–Trinajstić information content (AvgIpc) is 3.26. The van der Waals surface area contributed by atoms with Gasteiger partial charge in [0.05, 0.1) is 17.4 Å². The fourth-order valence-corrected chi connectivity index (χ4v) is 2.54. The summed E-state index contributed by atoms with van der Waals surface area (Å²) in [6.07, 6.45) is 3.91. The number of hydrogen-bond donors (Lipinski definition) is 0. The SMILES string of the molecule is O=C(c1ccc2c(cnn2-c2ccccc2)c1)C1CC1. The van der Waals surface area contributed by atoms with Crippen molar-refractivity contribution in [2.45, 2.75) is 12.8 Å². The van der Waals surface area contributed by atoms with E-state index in [4.69, 9.17) is 0 Å². The summed E-state index contributed by atoms with van der Waals surface area (Å²) in [5.74, 6) is 0.538. The van der Waals surface area contributed by atoms with Gasteiger partial charge in [-0.3, -0.25) is 4.79 Å². The van der Waals surface area contributed by atoms with E-state index in [2.05, 4.69) is 5.10 Å². The number of fused-ring (bicyclic) bond motifs is 1.